The Bertz CT molecular complexity index is 1320. The van der Waals surface area contributed by atoms with Gasteiger partial charge >= 0.3 is 5.97 Å². The van der Waals surface area contributed by atoms with E-state index in [1.807, 2.05) is 84.6 Å². The van der Waals surface area contributed by atoms with E-state index in [4.69, 9.17) is 9.47 Å². The third-order valence-corrected chi connectivity index (χ3v) is 7.14. The molecular formula is C26H26N4O4S2. The number of hydrogen-bond donors (Lipinski definition) is 1. The van der Waals surface area contributed by atoms with E-state index < -0.39 is 5.97 Å². The summed E-state index contributed by atoms with van der Waals surface area (Å²) in [5, 5.41) is 14.2. The normalized spacial score (nSPS) is 11.6. The van der Waals surface area contributed by atoms with Gasteiger partial charge in [0.1, 0.15) is 16.3 Å². The summed E-state index contributed by atoms with van der Waals surface area (Å²) >= 11 is 2.55. The Hall–Kier alpha value is -3.63. The van der Waals surface area contributed by atoms with Crippen molar-refractivity contribution in [2.45, 2.75) is 25.1 Å². The molecular weight excluding hydrogens is 496 g/mol. The van der Waals surface area contributed by atoms with Gasteiger partial charge < -0.3 is 19.4 Å². The standard InChI is InChI=1S/C26H26N4O4S2/c1-4-33-25(32)22-20(18-11-7-5-8-12-18)15-35-24(22)27-21(31)16-36-26-29-28-23(30(26)3)17(2)34-19-13-9-6-10-14-19/h5-15,17H,4,16H2,1-3H3,(H,27,31). The SMILES string of the molecule is CCOC(=O)c1c(-c2ccccc2)csc1NC(=O)CSc1nnc(C(C)Oc2ccccc2)n1C. The number of amides is 1. The summed E-state index contributed by atoms with van der Waals surface area (Å²) < 4.78 is 13.0. The van der Waals surface area contributed by atoms with Gasteiger partial charge in [-0.25, -0.2) is 4.79 Å². The second kappa shape index (κ2) is 11.9. The smallest absolute Gasteiger partial charge is 0.341 e. The van der Waals surface area contributed by atoms with E-state index in [0.717, 1.165) is 16.9 Å². The molecule has 0 fully saturated rings. The molecule has 1 unspecified atom stereocenters. The van der Waals surface area contributed by atoms with E-state index in [9.17, 15) is 9.59 Å². The van der Waals surface area contributed by atoms with Crippen LogP contribution < -0.4 is 10.1 Å². The number of carbonyl (C=O) groups is 2. The van der Waals surface area contributed by atoms with E-state index in [2.05, 4.69) is 15.5 Å². The minimum absolute atomic E-state index is 0.0979. The molecule has 1 atom stereocenters. The van der Waals surface area contributed by atoms with Crippen LogP contribution in [0.4, 0.5) is 5.00 Å². The van der Waals surface area contributed by atoms with Gasteiger partial charge in [0.05, 0.1) is 12.4 Å². The summed E-state index contributed by atoms with van der Waals surface area (Å²) in [6, 6.07) is 19.0. The molecule has 4 aromatic rings. The molecule has 0 radical (unpaired) electrons. The van der Waals surface area contributed by atoms with E-state index in [1.165, 1.54) is 23.1 Å². The first-order chi connectivity index (χ1) is 17.5. The highest BCUT2D eigenvalue weighted by molar-refractivity contribution is 7.99. The van der Waals surface area contributed by atoms with Crippen LogP contribution in [0.15, 0.2) is 71.2 Å². The molecule has 1 amide bonds. The number of anilines is 1. The van der Waals surface area contributed by atoms with Gasteiger partial charge in [-0.05, 0) is 31.5 Å². The van der Waals surface area contributed by atoms with Crippen LogP contribution in [0.5, 0.6) is 5.75 Å². The Morgan fingerprint density at radius 1 is 1.08 bits per heavy atom. The summed E-state index contributed by atoms with van der Waals surface area (Å²) in [6.07, 6.45) is -0.317. The Labute approximate surface area is 217 Å². The van der Waals surface area contributed by atoms with Crippen LogP contribution in [0.25, 0.3) is 11.1 Å². The van der Waals surface area contributed by atoms with Crippen molar-refractivity contribution in [2.24, 2.45) is 7.05 Å². The van der Waals surface area contributed by atoms with E-state index in [-0.39, 0.29) is 24.4 Å². The fourth-order valence-corrected chi connectivity index (χ4v) is 5.23. The molecule has 0 saturated heterocycles. The van der Waals surface area contributed by atoms with Crippen LogP contribution in [-0.2, 0) is 16.6 Å². The van der Waals surface area contributed by atoms with Crippen LogP contribution in [0.3, 0.4) is 0 Å². The quantitative estimate of drug-likeness (QED) is 0.214. The van der Waals surface area contributed by atoms with Crippen molar-refractivity contribution in [2.75, 3.05) is 17.7 Å². The summed E-state index contributed by atoms with van der Waals surface area (Å²) in [5.74, 6) is 0.763. The van der Waals surface area contributed by atoms with Crippen molar-refractivity contribution in [3.05, 3.63) is 77.4 Å². The number of hydrogen-bond acceptors (Lipinski definition) is 8. The van der Waals surface area contributed by atoms with Crippen molar-refractivity contribution in [1.82, 2.24) is 14.8 Å². The van der Waals surface area contributed by atoms with Crippen molar-refractivity contribution < 1.29 is 19.1 Å². The van der Waals surface area contributed by atoms with Crippen LogP contribution in [0, 0.1) is 0 Å². The molecule has 0 saturated carbocycles. The predicted octanol–water partition coefficient (Wildman–Crippen LogP) is 5.59. The number of nitrogens with zero attached hydrogens (tertiary/aromatic N) is 3. The summed E-state index contributed by atoms with van der Waals surface area (Å²) in [7, 11) is 1.84. The van der Waals surface area contributed by atoms with Crippen molar-refractivity contribution >= 4 is 40.0 Å². The summed E-state index contributed by atoms with van der Waals surface area (Å²) in [5.41, 5.74) is 1.97. The van der Waals surface area contributed by atoms with Gasteiger partial charge in [-0.2, -0.15) is 0 Å². The third-order valence-electron chi connectivity index (χ3n) is 5.23. The molecule has 0 aliphatic heterocycles. The van der Waals surface area contributed by atoms with Crippen LogP contribution in [0.1, 0.15) is 36.1 Å². The number of esters is 1. The van der Waals surface area contributed by atoms with Crippen LogP contribution >= 0.6 is 23.1 Å². The Kier molecular flexibility index (Phi) is 8.40. The monoisotopic (exact) mass is 522 g/mol. The fraction of sp³-hybridized carbons (Fsp3) is 0.231. The first-order valence-corrected chi connectivity index (χ1v) is 13.2. The molecule has 0 aliphatic carbocycles. The Balaban J connectivity index is 1.43. The first kappa shape index (κ1) is 25.5. The van der Waals surface area contributed by atoms with Gasteiger partial charge in [-0.3, -0.25) is 4.79 Å². The van der Waals surface area contributed by atoms with E-state index in [0.29, 0.717) is 21.5 Å². The lowest BCUT2D eigenvalue weighted by Gasteiger charge is -2.14. The Morgan fingerprint density at radius 2 is 1.78 bits per heavy atom. The summed E-state index contributed by atoms with van der Waals surface area (Å²) in [4.78, 5) is 25.5. The predicted molar refractivity (Wildman–Crippen MR) is 142 cm³/mol. The molecule has 1 N–H and O–H groups in total. The number of nitrogens with one attached hydrogen (secondary N) is 1. The highest BCUT2D eigenvalue weighted by Crippen LogP contribution is 2.36. The number of ether oxygens (including phenoxy) is 2. The number of rotatable bonds is 10. The van der Waals surface area contributed by atoms with E-state index >= 15 is 0 Å². The van der Waals surface area contributed by atoms with E-state index in [1.54, 1.807) is 6.92 Å². The zero-order valence-electron chi connectivity index (χ0n) is 20.1. The lowest BCUT2D eigenvalue weighted by Crippen LogP contribution is -2.17. The second-order valence-corrected chi connectivity index (χ2v) is 9.57. The molecule has 0 spiro atoms. The zero-order chi connectivity index (χ0) is 25.5. The molecule has 36 heavy (non-hydrogen) atoms. The zero-order valence-corrected chi connectivity index (χ0v) is 21.8. The van der Waals surface area contributed by atoms with Gasteiger partial charge in [0, 0.05) is 18.0 Å². The van der Waals surface area contributed by atoms with Gasteiger partial charge in [0.25, 0.3) is 0 Å². The molecule has 2 aromatic carbocycles. The average Bonchev–Trinajstić information content (AvgIpc) is 3.47. The number of thioether (sulfide) groups is 1. The minimum atomic E-state index is -0.467. The summed E-state index contributed by atoms with van der Waals surface area (Å²) in [6.45, 7) is 3.89. The minimum Gasteiger partial charge on any atom is -0.483 e. The average molecular weight is 523 g/mol. The van der Waals surface area contributed by atoms with Gasteiger partial charge in [0.2, 0.25) is 5.91 Å². The number of para-hydroxylation sites is 1. The number of aromatic nitrogens is 3. The maximum Gasteiger partial charge on any atom is 0.341 e. The lowest BCUT2D eigenvalue weighted by atomic mass is 10.0. The van der Waals surface area contributed by atoms with Crippen LogP contribution in [0.2, 0.25) is 0 Å². The number of carbonyl (C=O) groups excluding carboxylic acids is 2. The van der Waals surface area contributed by atoms with Crippen LogP contribution in [-0.4, -0.2) is 39.0 Å². The first-order valence-electron chi connectivity index (χ1n) is 11.4. The van der Waals surface area contributed by atoms with Crippen molar-refractivity contribution in [1.29, 1.82) is 0 Å². The molecule has 10 heteroatoms. The van der Waals surface area contributed by atoms with Crippen molar-refractivity contribution in [3.8, 4) is 16.9 Å². The molecule has 4 rings (SSSR count). The molecule has 8 nitrogen and oxygen atoms in total. The molecule has 2 aromatic heterocycles. The number of benzene rings is 2. The highest BCUT2D eigenvalue weighted by atomic mass is 32.2. The molecule has 186 valence electrons. The number of thiophene rings is 1. The van der Waals surface area contributed by atoms with Gasteiger partial charge in [0.15, 0.2) is 17.1 Å². The highest BCUT2D eigenvalue weighted by Gasteiger charge is 2.23. The largest absolute Gasteiger partial charge is 0.483 e. The molecule has 0 aliphatic rings. The molecule has 2 heterocycles. The molecule has 0 bridgehead atoms. The maximum absolute atomic E-state index is 12.8. The Morgan fingerprint density at radius 3 is 2.47 bits per heavy atom. The maximum atomic E-state index is 12.8. The lowest BCUT2D eigenvalue weighted by molar-refractivity contribution is -0.113. The topological polar surface area (TPSA) is 95.3 Å². The van der Waals surface area contributed by atoms with Gasteiger partial charge in [-0.15, -0.1) is 21.5 Å². The fourth-order valence-electron chi connectivity index (χ4n) is 3.54. The van der Waals surface area contributed by atoms with Gasteiger partial charge in [-0.1, -0.05) is 60.3 Å². The second-order valence-electron chi connectivity index (χ2n) is 7.75. The third kappa shape index (κ3) is 5.95. The van der Waals surface area contributed by atoms with Crippen molar-refractivity contribution in [3.63, 3.8) is 0 Å².